The first-order valence-electron chi connectivity index (χ1n) is 4.03. The molecule has 0 aromatic rings. The molecule has 1 saturated carbocycles. The van der Waals surface area contributed by atoms with E-state index >= 15 is 0 Å². The zero-order valence-corrected chi connectivity index (χ0v) is 6.22. The van der Waals surface area contributed by atoms with E-state index < -0.39 is 0 Å². The predicted molar refractivity (Wildman–Crippen MR) is 38.3 cm³/mol. The van der Waals surface area contributed by atoms with Crippen LogP contribution in [0.4, 0.5) is 0 Å². The van der Waals surface area contributed by atoms with Gasteiger partial charge in [-0.1, -0.05) is 6.92 Å². The van der Waals surface area contributed by atoms with Gasteiger partial charge in [0.25, 0.3) is 0 Å². The van der Waals surface area contributed by atoms with Crippen LogP contribution in [0.15, 0.2) is 0 Å². The van der Waals surface area contributed by atoms with Crippen LogP contribution in [0.5, 0.6) is 0 Å². The van der Waals surface area contributed by atoms with Crippen LogP contribution >= 0.6 is 0 Å². The first-order valence-corrected chi connectivity index (χ1v) is 4.03. The van der Waals surface area contributed by atoms with Crippen LogP contribution in [-0.4, -0.2) is 12.1 Å². The maximum absolute atomic E-state index is 3.60. The lowest BCUT2D eigenvalue weighted by atomic mass is 9.94. The maximum Gasteiger partial charge on any atom is 0.0102 e. The Bertz CT molecular complexity index is 108. The summed E-state index contributed by atoms with van der Waals surface area (Å²) in [5.41, 5.74) is 0. The Kier molecular flexibility index (Phi) is 1.10. The average molecular weight is 125 g/mol. The highest BCUT2D eigenvalue weighted by Gasteiger charge is 2.43. The Balaban J connectivity index is 1.98. The van der Waals surface area contributed by atoms with Crippen LogP contribution in [0.2, 0.25) is 0 Å². The molecule has 0 aromatic heterocycles. The predicted octanol–water partition coefficient (Wildman–Crippen LogP) is 1.39. The van der Waals surface area contributed by atoms with Crippen LogP contribution in [0.25, 0.3) is 0 Å². The summed E-state index contributed by atoms with van der Waals surface area (Å²) in [6.45, 7) is 4.66. The molecule has 1 aliphatic carbocycles. The second kappa shape index (κ2) is 1.72. The number of piperidine rings is 1. The van der Waals surface area contributed by atoms with Gasteiger partial charge in [0, 0.05) is 12.1 Å². The summed E-state index contributed by atoms with van der Waals surface area (Å²) in [7, 11) is 0. The highest BCUT2D eigenvalue weighted by molar-refractivity contribution is 5.00. The van der Waals surface area contributed by atoms with E-state index in [0.29, 0.717) is 0 Å². The van der Waals surface area contributed by atoms with Crippen molar-refractivity contribution in [3.8, 4) is 0 Å². The van der Waals surface area contributed by atoms with Gasteiger partial charge in [-0.3, -0.25) is 0 Å². The zero-order valence-electron chi connectivity index (χ0n) is 6.22. The number of nitrogens with one attached hydrogen (secondary N) is 1. The molecule has 4 atom stereocenters. The Morgan fingerprint density at radius 1 is 1.22 bits per heavy atom. The van der Waals surface area contributed by atoms with Crippen LogP contribution in [0, 0.1) is 11.8 Å². The third-order valence-corrected chi connectivity index (χ3v) is 2.93. The van der Waals surface area contributed by atoms with Gasteiger partial charge in [0.2, 0.25) is 0 Å². The lowest BCUT2D eigenvalue weighted by Crippen LogP contribution is -2.38. The fourth-order valence-electron chi connectivity index (χ4n) is 1.90. The van der Waals surface area contributed by atoms with Gasteiger partial charge in [-0.15, -0.1) is 0 Å². The smallest absolute Gasteiger partial charge is 0.0102 e. The molecule has 1 heterocycles. The first-order chi connectivity index (χ1) is 4.27. The molecule has 0 amide bonds. The van der Waals surface area contributed by atoms with Gasteiger partial charge in [-0.25, -0.2) is 0 Å². The third kappa shape index (κ3) is 0.877. The molecule has 0 aromatic carbocycles. The molecule has 2 rings (SSSR count). The lowest BCUT2D eigenvalue weighted by molar-refractivity contribution is 0.310. The van der Waals surface area contributed by atoms with Gasteiger partial charge in [0.05, 0.1) is 0 Å². The van der Waals surface area contributed by atoms with E-state index in [4.69, 9.17) is 0 Å². The highest BCUT2D eigenvalue weighted by Crippen LogP contribution is 2.41. The minimum atomic E-state index is 0.772. The Labute approximate surface area is 56.8 Å². The molecule has 0 bridgehead atoms. The SMILES string of the molecule is CC1CC2CC2NC1C. The number of hydrogen-bond acceptors (Lipinski definition) is 1. The van der Waals surface area contributed by atoms with Crippen LogP contribution in [-0.2, 0) is 0 Å². The summed E-state index contributed by atoms with van der Waals surface area (Å²) in [5, 5.41) is 3.60. The van der Waals surface area contributed by atoms with Gasteiger partial charge < -0.3 is 5.32 Å². The summed E-state index contributed by atoms with van der Waals surface area (Å²) < 4.78 is 0. The molecule has 9 heavy (non-hydrogen) atoms. The van der Waals surface area contributed by atoms with E-state index in [1.165, 1.54) is 12.8 Å². The number of hydrogen-bond donors (Lipinski definition) is 1. The molecular weight excluding hydrogens is 110 g/mol. The van der Waals surface area contributed by atoms with Crippen molar-refractivity contribution in [1.82, 2.24) is 5.32 Å². The summed E-state index contributed by atoms with van der Waals surface area (Å²) in [6.07, 6.45) is 2.92. The summed E-state index contributed by atoms with van der Waals surface area (Å²) in [6, 6.07) is 1.69. The molecule has 2 aliphatic rings. The van der Waals surface area contributed by atoms with Gasteiger partial charge in [-0.2, -0.15) is 0 Å². The molecule has 1 N–H and O–H groups in total. The maximum atomic E-state index is 3.60. The molecule has 2 fully saturated rings. The molecule has 0 radical (unpaired) electrons. The standard InChI is InChI=1S/C8H15N/c1-5-3-7-4-8(7)9-6(5)2/h5-9H,3-4H2,1-2H3. The fourth-order valence-corrected chi connectivity index (χ4v) is 1.90. The van der Waals surface area contributed by atoms with Crippen LogP contribution < -0.4 is 5.32 Å². The van der Waals surface area contributed by atoms with Crippen molar-refractivity contribution in [3.63, 3.8) is 0 Å². The van der Waals surface area contributed by atoms with Crippen molar-refractivity contribution in [2.45, 2.75) is 38.8 Å². The minimum absolute atomic E-state index is 0.772. The largest absolute Gasteiger partial charge is 0.311 e. The zero-order chi connectivity index (χ0) is 6.43. The number of rotatable bonds is 0. The van der Waals surface area contributed by atoms with E-state index in [1.807, 2.05) is 0 Å². The normalized spacial score (nSPS) is 56.7. The molecule has 0 spiro atoms. The van der Waals surface area contributed by atoms with Gasteiger partial charge in [-0.05, 0) is 31.6 Å². The van der Waals surface area contributed by atoms with Crippen molar-refractivity contribution in [1.29, 1.82) is 0 Å². The van der Waals surface area contributed by atoms with Crippen molar-refractivity contribution in [3.05, 3.63) is 0 Å². The average Bonchev–Trinajstić information content (AvgIpc) is 2.46. The van der Waals surface area contributed by atoms with Crippen molar-refractivity contribution in [2.24, 2.45) is 11.8 Å². The molecule has 4 unspecified atom stereocenters. The second-order valence-electron chi connectivity index (χ2n) is 3.77. The van der Waals surface area contributed by atoms with E-state index in [9.17, 15) is 0 Å². The van der Waals surface area contributed by atoms with E-state index in [-0.39, 0.29) is 0 Å². The summed E-state index contributed by atoms with van der Waals surface area (Å²) in [4.78, 5) is 0. The van der Waals surface area contributed by atoms with Gasteiger partial charge >= 0.3 is 0 Å². The summed E-state index contributed by atoms with van der Waals surface area (Å²) in [5.74, 6) is 1.96. The third-order valence-electron chi connectivity index (χ3n) is 2.93. The van der Waals surface area contributed by atoms with Crippen molar-refractivity contribution >= 4 is 0 Å². The Morgan fingerprint density at radius 3 is 2.67 bits per heavy atom. The fraction of sp³-hybridized carbons (Fsp3) is 1.00. The molecule has 1 aliphatic heterocycles. The van der Waals surface area contributed by atoms with E-state index in [1.54, 1.807) is 0 Å². The van der Waals surface area contributed by atoms with Gasteiger partial charge in [0.15, 0.2) is 0 Å². The first kappa shape index (κ1) is 5.72. The second-order valence-corrected chi connectivity index (χ2v) is 3.77. The molecule has 1 heteroatoms. The molecule has 1 saturated heterocycles. The number of fused-ring (bicyclic) bond motifs is 1. The molecule has 52 valence electrons. The summed E-state index contributed by atoms with van der Waals surface area (Å²) >= 11 is 0. The van der Waals surface area contributed by atoms with Crippen LogP contribution in [0.1, 0.15) is 26.7 Å². The molecular formula is C8H15N. The Morgan fingerprint density at radius 2 is 2.00 bits per heavy atom. The lowest BCUT2D eigenvalue weighted by Gasteiger charge is -2.25. The van der Waals surface area contributed by atoms with Crippen LogP contribution in [0.3, 0.4) is 0 Å². The van der Waals surface area contributed by atoms with E-state index in [2.05, 4.69) is 19.2 Å². The van der Waals surface area contributed by atoms with Crippen molar-refractivity contribution in [2.75, 3.05) is 0 Å². The monoisotopic (exact) mass is 125 g/mol. The van der Waals surface area contributed by atoms with Gasteiger partial charge in [0.1, 0.15) is 0 Å². The van der Waals surface area contributed by atoms with E-state index in [0.717, 1.165) is 23.9 Å². The quantitative estimate of drug-likeness (QED) is 0.516. The highest BCUT2D eigenvalue weighted by atomic mass is 15.0. The minimum Gasteiger partial charge on any atom is -0.311 e. The Hall–Kier alpha value is -0.0400. The molecule has 1 nitrogen and oxygen atoms in total. The topological polar surface area (TPSA) is 12.0 Å². The van der Waals surface area contributed by atoms with Crippen molar-refractivity contribution < 1.29 is 0 Å².